The topological polar surface area (TPSA) is 3.24 Å². The van der Waals surface area contributed by atoms with E-state index in [2.05, 4.69) is 39.5 Å². The van der Waals surface area contributed by atoms with Gasteiger partial charge in [0.1, 0.15) is 0 Å². The van der Waals surface area contributed by atoms with E-state index in [0.29, 0.717) is 5.54 Å². The minimum Gasteiger partial charge on any atom is -0.298 e. The Kier molecular flexibility index (Phi) is 3.18. The minimum atomic E-state index is 0.354. The average molecular weight is 181 g/mol. The second-order valence-corrected chi connectivity index (χ2v) is 5.26. The molecule has 1 nitrogen and oxygen atoms in total. The van der Waals surface area contributed by atoms with Crippen LogP contribution in [0.15, 0.2) is 11.1 Å². The number of likely N-dealkylation sites (tertiary alicyclic amines) is 1. The van der Waals surface area contributed by atoms with Gasteiger partial charge in [-0.15, -0.1) is 0 Å². The Balaban J connectivity index is 2.54. The molecule has 1 heteroatoms. The molecule has 1 heterocycles. The normalized spacial score (nSPS) is 20.5. The van der Waals surface area contributed by atoms with Crippen molar-refractivity contribution >= 4 is 0 Å². The Morgan fingerprint density at radius 3 is 1.85 bits per heavy atom. The van der Waals surface area contributed by atoms with Crippen LogP contribution in [0.3, 0.4) is 0 Å². The summed E-state index contributed by atoms with van der Waals surface area (Å²) >= 11 is 0. The number of piperidine rings is 1. The van der Waals surface area contributed by atoms with Gasteiger partial charge in [-0.05, 0) is 47.5 Å². The van der Waals surface area contributed by atoms with Crippen LogP contribution in [0.25, 0.3) is 0 Å². The lowest BCUT2D eigenvalue weighted by atomic mass is 9.95. The third-order valence-electron chi connectivity index (χ3n) is 3.02. The van der Waals surface area contributed by atoms with E-state index < -0.39 is 0 Å². The first-order valence-corrected chi connectivity index (χ1v) is 5.31. The van der Waals surface area contributed by atoms with Crippen molar-refractivity contribution in [3.05, 3.63) is 11.1 Å². The van der Waals surface area contributed by atoms with Crippen molar-refractivity contribution in [2.75, 3.05) is 13.1 Å². The van der Waals surface area contributed by atoms with Crippen molar-refractivity contribution in [1.29, 1.82) is 0 Å². The maximum absolute atomic E-state index is 2.58. The molecule has 0 aliphatic carbocycles. The van der Waals surface area contributed by atoms with E-state index in [-0.39, 0.29) is 0 Å². The quantitative estimate of drug-likeness (QED) is 0.519. The smallest absolute Gasteiger partial charge is 0.0125 e. The molecule has 1 saturated heterocycles. The number of rotatable bonds is 0. The molecule has 0 unspecified atom stereocenters. The molecule has 0 atom stereocenters. The first-order valence-electron chi connectivity index (χ1n) is 5.31. The fourth-order valence-corrected chi connectivity index (χ4v) is 1.95. The monoisotopic (exact) mass is 181 g/mol. The van der Waals surface area contributed by atoms with Gasteiger partial charge >= 0.3 is 0 Å². The lowest BCUT2D eigenvalue weighted by molar-refractivity contribution is 0.126. The molecule has 0 aromatic carbocycles. The lowest BCUT2D eigenvalue weighted by Crippen LogP contribution is -2.44. The van der Waals surface area contributed by atoms with Gasteiger partial charge in [0, 0.05) is 18.6 Å². The van der Waals surface area contributed by atoms with Gasteiger partial charge in [0.2, 0.25) is 0 Å². The molecule has 0 amide bonds. The molecule has 0 N–H and O–H groups in total. The Labute approximate surface area is 82.8 Å². The van der Waals surface area contributed by atoms with Gasteiger partial charge in [0.05, 0.1) is 0 Å². The Bertz CT molecular complexity index is 194. The second-order valence-electron chi connectivity index (χ2n) is 5.26. The van der Waals surface area contributed by atoms with E-state index in [1.807, 2.05) is 0 Å². The SMILES string of the molecule is CC(C)=C1CCN(C(C)(C)C)CC1. The number of nitrogens with zero attached hydrogens (tertiary/aromatic N) is 1. The number of hydrogen-bond donors (Lipinski definition) is 0. The van der Waals surface area contributed by atoms with Crippen molar-refractivity contribution in [2.24, 2.45) is 0 Å². The average Bonchev–Trinajstić information content (AvgIpc) is 2.03. The van der Waals surface area contributed by atoms with Crippen LogP contribution in [0.5, 0.6) is 0 Å². The molecule has 1 aliphatic heterocycles. The maximum atomic E-state index is 2.58. The standard InChI is InChI=1S/C12H23N/c1-10(2)11-6-8-13(9-7-11)12(3,4)5/h6-9H2,1-5H3. The highest BCUT2D eigenvalue weighted by molar-refractivity contribution is 5.12. The first-order chi connectivity index (χ1) is 5.91. The summed E-state index contributed by atoms with van der Waals surface area (Å²) in [4.78, 5) is 2.58. The zero-order chi connectivity index (χ0) is 10.1. The van der Waals surface area contributed by atoms with Crippen LogP contribution in [0.1, 0.15) is 47.5 Å². The second kappa shape index (κ2) is 3.83. The van der Waals surface area contributed by atoms with E-state index in [4.69, 9.17) is 0 Å². The molecule has 1 fully saturated rings. The van der Waals surface area contributed by atoms with Gasteiger partial charge in [-0.2, -0.15) is 0 Å². The van der Waals surface area contributed by atoms with Crippen molar-refractivity contribution in [1.82, 2.24) is 4.90 Å². The molecule has 0 aromatic rings. The molecule has 0 radical (unpaired) electrons. The largest absolute Gasteiger partial charge is 0.298 e. The van der Waals surface area contributed by atoms with E-state index in [0.717, 1.165) is 0 Å². The van der Waals surface area contributed by atoms with Gasteiger partial charge in [-0.3, -0.25) is 4.90 Å². The van der Waals surface area contributed by atoms with Crippen LogP contribution in [0, 0.1) is 0 Å². The van der Waals surface area contributed by atoms with Gasteiger partial charge < -0.3 is 0 Å². The summed E-state index contributed by atoms with van der Waals surface area (Å²) in [7, 11) is 0. The van der Waals surface area contributed by atoms with E-state index in [1.54, 1.807) is 5.57 Å². The molecule has 0 aromatic heterocycles. The van der Waals surface area contributed by atoms with Crippen LogP contribution in [0.2, 0.25) is 0 Å². The summed E-state index contributed by atoms with van der Waals surface area (Å²) in [5, 5.41) is 0. The van der Waals surface area contributed by atoms with Crippen LogP contribution < -0.4 is 0 Å². The molecule has 0 saturated carbocycles. The molecular weight excluding hydrogens is 158 g/mol. The highest BCUT2D eigenvalue weighted by Crippen LogP contribution is 2.24. The third-order valence-corrected chi connectivity index (χ3v) is 3.02. The molecular formula is C12H23N. The summed E-state index contributed by atoms with van der Waals surface area (Å²) in [6.07, 6.45) is 2.55. The molecule has 13 heavy (non-hydrogen) atoms. The fourth-order valence-electron chi connectivity index (χ4n) is 1.95. The van der Waals surface area contributed by atoms with Gasteiger partial charge in [-0.1, -0.05) is 11.1 Å². The highest BCUT2D eigenvalue weighted by atomic mass is 15.2. The zero-order valence-electron chi connectivity index (χ0n) is 9.78. The Morgan fingerprint density at radius 1 is 1.08 bits per heavy atom. The molecule has 0 bridgehead atoms. The molecule has 1 rings (SSSR count). The van der Waals surface area contributed by atoms with Crippen molar-refractivity contribution in [2.45, 2.75) is 53.0 Å². The summed E-state index contributed by atoms with van der Waals surface area (Å²) in [5.74, 6) is 0. The molecule has 76 valence electrons. The fraction of sp³-hybridized carbons (Fsp3) is 0.833. The number of hydrogen-bond acceptors (Lipinski definition) is 1. The van der Waals surface area contributed by atoms with Gasteiger partial charge in [0.15, 0.2) is 0 Å². The summed E-state index contributed by atoms with van der Waals surface area (Å²) < 4.78 is 0. The van der Waals surface area contributed by atoms with Crippen LogP contribution >= 0.6 is 0 Å². The maximum Gasteiger partial charge on any atom is 0.0125 e. The Hall–Kier alpha value is -0.300. The molecule has 0 spiro atoms. The summed E-state index contributed by atoms with van der Waals surface area (Å²) in [5.41, 5.74) is 3.57. The van der Waals surface area contributed by atoms with E-state index >= 15 is 0 Å². The van der Waals surface area contributed by atoms with Crippen LogP contribution in [-0.2, 0) is 0 Å². The van der Waals surface area contributed by atoms with Crippen molar-refractivity contribution < 1.29 is 0 Å². The van der Waals surface area contributed by atoms with Crippen LogP contribution in [0.4, 0.5) is 0 Å². The van der Waals surface area contributed by atoms with E-state index in [1.165, 1.54) is 31.5 Å². The van der Waals surface area contributed by atoms with Crippen molar-refractivity contribution in [3.8, 4) is 0 Å². The number of allylic oxidation sites excluding steroid dienone is 1. The lowest BCUT2D eigenvalue weighted by Gasteiger charge is -2.39. The minimum absolute atomic E-state index is 0.354. The summed E-state index contributed by atoms with van der Waals surface area (Å²) in [6, 6.07) is 0. The predicted molar refractivity (Wildman–Crippen MR) is 58.9 cm³/mol. The van der Waals surface area contributed by atoms with Crippen LogP contribution in [-0.4, -0.2) is 23.5 Å². The predicted octanol–water partition coefficient (Wildman–Crippen LogP) is 3.22. The summed E-state index contributed by atoms with van der Waals surface area (Å²) in [6.45, 7) is 13.9. The molecule has 1 aliphatic rings. The zero-order valence-corrected chi connectivity index (χ0v) is 9.78. The van der Waals surface area contributed by atoms with E-state index in [9.17, 15) is 0 Å². The third kappa shape index (κ3) is 2.84. The highest BCUT2D eigenvalue weighted by Gasteiger charge is 2.24. The first kappa shape index (κ1) is 10.8. The van der Waals surface area contributed by atoms with Gasteiger partial charge in [0.25, 0.3) is 0 Å². The van der Waals surface area contributed by atoms with Crippen molar-refractivity contribution in [3.63, 3.8) is 0 Å². The Morgan fingerprint density at radius 2 is 1.54 bits per heavy atom. The van der Waals surface area contributed by atoms with Gasteiger partial charge in [-0.25, -0.2) is 0 Å².